The van der Waals surface area contributed by atoms with Gasteiger partial charge < -0.3 is 5.32 Å². The van der Waals surface area contributed by atoms with E-state index < -0.39 is 4.75 Å². The number of amidine groups is 1. The highest BCUT2D eigenvalue weighted by Crippen LogP contribution is 2.39. The van der Waals surface area contributed by atoms with Crippen LogP contribution in [0, 0.1) is 5.92 Å². The Morgan fingerprint density at radius 3 is 2.83 bits per heavy atom. The fourth-order valence-electron chi connectivity index (χ4n) is 1.59. The summed E-state index contributed by atoms with van der Waals surface area (Å²) in [6.07, 6.45) is 3.54. The Balaban J connectivity index is 1.97. The first-order chi connectivity index (χ1) is 8.52. The molecule has 0 bridgehead atoms. The second-order valence-corrected chi connectivity index (χ2v) is 6.24. The van der Waals surface area contributed by atoms with E-state index in [1.165, 1.54) is 11.8 Å². The number of nitrogens with one attached hydrogen (secondary N) is 1. The average molecular weight is 263 g/mol. The minimum atomic E-state index is -0.433. The molecule has 1 aliphatic heterocycles. The van der Waals surface area contributed by atoms with Gasteiger partial charge in [-0.05, 0) is 24.5 Å². The monoisotopic (exact) mass is 263 g/mol. The molecular formula is C13H17N3OS. The van der Waals surface area contributed by atoms with Gasteiger partial charge in [0.1, 0.15) is 4.75 Å². The molecule has 1 N–H and O–H groups in total. The molecule has 5 heteroatoms. The van der Waals surface area contributed by atoms with Gasteiger partial charge in [0.15, 0.2) is 5.17 Å². The number of carbonyl (C=O) groups excluding carboxylic acids is 1. The van der Waals surface area contributed by atoms with Gasteiger partial charge in [-0.1, -0.05) is 31.7 Å². The van der Waals surface area contributed by atoms with Gasteiger partial charge in [0, 0.05) is 18.9 Å². The van der Waals surface area contributed by atoms with Crippen LogP contribution in [0.15, 0.2) is 29.5 Å². The quantitative estimate of drug-likeness (QED) is 0.908. The van der Waals surface area contributed by atoms with E-state index in [9.17, 15) is 4.79 Å². The van der Waals surface area contributed by atoms with Crippen LogP contribution in [0.5, 0.6) is 0 Å². The van der Waals surface area contributed by atoms with Crippen LogP contribution >= 0.6 is 11.8 Å². The number of nitrogens with zero attached hydrogens (tertiary/aromatic N) is 2. The number of aromatic nitrogens is 1. The Bertz CT molecular complexity index is 472. The Morgan fingerprint density at radius 2 is 2.28 bits per heavy atom. The molecule has 1 aliphatic rings. The summed E-state index contributed by atoms with van der Waals surface area (Å²) in [5, 5.41) is 3.90. The molecule has 0 spiro atoms. The van der Waals surface area contributed by atoms with Crippen molar-refractivity contribution in [3.8, 4) is 0 Å². The first-order valence-electron chi connectivity index (χ1n) is 5.97. The summed E-state index contributed by atoms with van der Waals surface area (Å²) in [6, 6.07) is 3.88. The molecule has 96 valence electrons. The third-order valence-corrected chi connectivity index (χ3v) is 4.70. The fourth-order valence-corrected chi connectivity index (χ4v) is 2.63. The van der Waals surface area contributed by atoms with Crippen molar-refractivity contribution in [1.82, 2.24) is 10.3 Å². The molecule has 0 unspecified atom stereocenters. The number of rotatable bonds is 3. The van der Waals surface area contributed by atoms with Gasteiger partial charge in [-0.2, -0.15) is 4.99 Å². The summed E-state index contributed by atoms with van der Waals surface area (Å²) in [6.45, 7) is 6.68. The minimum absolute atomic E-state index is 0.0452. The lowest BCUT2D eigenvalue weighted by Crippen LogP contribution is -2.33. The number of hydrogen-bond donors (Lipinski definition) is 1. The standard InChI is InChI=1S/C13H17N3OS/c1-9(2)13(3)11(17)16-12(18-13)15-8-10-5-4-6-14-7-10/h4-7,9H,8H2,1-3H3,(H,15,16,17)/t13-/m1/s1. The SMILES string of the molecule is CC(C)[C@@]1(C)SC(NCc2cccnc2)=NC1=O. The molecule has 4 nitrogen and oxygen atoms in total. The molecule has 1 atom stereocenters. The van der Waals surface area contributed by atoms with E-state index in [2.05, 4.69) is 15.3 Å². The topological polar surface area (TPSA) is 54.4 Å². The van der Waals surface area contributed by atoms with Crippen molar-refractivity contribution in [1.29, 1.82) is 0 Å². The molecule has 1 aromatic rings. The average Bonchev–Trinajstić information content (AvgIpc) is 2.65. The van der Waals surface area contributed by atoms with Crippen LogP contribution in [-0.2, 0) is 11.3 Å². The van der Waals surface area contributed by atoms with Crippen molar-refractivity contribution in [3.05, 3.63) is 30.1 Å². The molecule has 0 radical (unpaired) electrons. The van der Waals surface area contributed by atoms with E-state index in [-0.39, 0.29) is 11.8 Å². The van der Waals surface area contributed by atoms with E-state index in [1.54, 1.807) is 12.4 Å². The van der Waals surface area contributed by atoms with Gasteiger partial charge in [0.05, 0.1) is 0 Å². The van der Waals surface area contributed by atoms with Crippen LogP contribution < -0.4 is 5.32 Å². The van der Waals surface area contributed by atoms with Gasteiger partial charge in [0.2, 0.25) is 0 Å². The van der Waals surface area contributed by atoms with E-state index in [1.807, 2.05) is 32.9 Å². The first-order valence-corrected chi connectivity index (χ1v) is 6.79. The zero-order valence-electron chi connectivity index (χ0n) is 10.8. The van der Waals surface area contributed by atoms with Crippen molar-refractivity contribution in [3.63, 3.8) is 0 Å². The number of pyridine rings is 1. The Hall–Kier alpha value is -1.36. The molecule has 1 amide bonds. The van der Waals surface area contributed by atoms with Gasteiger partial charge in [-0.3, -0.25) is 9.78 Å². The lowest BCUT2D eigenvalue weighted by Gasteiger charge is -2.24. The molecule has 18 heavy (non-hydrogen) atoms. The highest BCUT2D eigenvalue weighted by molar-refractivity contribution is 8.16. The van der Waals surface area contributed by atoms with Gasteiger partial charge in [-0.15, -0.1) is 0 Å². The summed E-state index contributed by atoms with van der Waals surface area (Å²) >= 11 is 1.52. The Kier molecular flexibility index (Phi) is 3.71. The van der Waals surface area contributed by atoms with Crippen molar-refractivity contribution < 1.29 is 4.79 Å². The molecular weight excluding hydrogens is 246 g/mol. The third-order valence-electron chi connectivity index (χ3n) is 3.20. The first kappa shape index (κ1) is 13.1. The molecule has 2 rings (SSSR count). The summed E-state index contributed by atoms with van der Waals surface area (Å²) < 4.78 is -0.433. The highest BCUT2D eigenvalue weighted by atomic mass is 32.2. The highest BCUT2D eigenvalue weighted by Gasteiger charge is 2.43. The zero-order chi connectivity index (χ0) is 13.2. The fraction of sp³-hybridized carbons (Fsp3) is 0.462. The van der Waals surface area contributed by atoms with E-state index in [0.717, 1.165) is 5.56 Å². The summed E-state index contributed by atoms with van der Waals surface area (Å²) in [5.41, 5.74) is 1.08. The lowest BCUT2D eigenvalue weighted by atomic mass is 9.96. The number of amides is 1. The zero-order valence-corrected chi connectivity index (χ0v) is 11.6. The number of aliphatic imine (C=N–C) groups is 1. The second kappa shape index (κ2) is 5.10. The maximum absolute atomic E-state index is 11.9. The van der Waals surface area contributed by atoms with Crippen LogP contribution in [0.4, 0.5) is 0 Å². The molecule has 2 heterocycles. The number of thioether (sulfide) groups is 1. The van der Waals surface area contributed by atoms with Gasteiger partial charge >= 0.3 is 0 Å². The van der Waals surface area contributed by atoms with Crippen LogP contribution in [-0.4, -0.2) is 20.8 Å². The van der Waals surface area contributed by atoms with Crippen molar-refractivity contribution in [2.75, 3.05) is 0 Å². The molecule has 1 aromatic heterocycles. The van der Waals surface area contributed by atoms with Crippen LogP contribution in [0.1, 0.15) is 26.3 Å². The van der Waals surface area contributed by atoms with E-state index in [0.29, 0.717) is 11.7 Å². The lowest BCUT2D eigenvalue weighted by molar-refractivity contribution is -0.120. The molecule has 0 fully saturated rings. The van der Waals surface area contributed by atoms with Crippen LogP contribution in [0.2, 0.25) is 0 Å². The Labute approximate surface area is 111 Å². The molecule has 0 aromatic carbocycles. The minimum Gasteiger partial charge on any atom is -0.360 e. The van der Waals surface area contributed by atoms with Gasteiger partial charge in [-0.25, -0.2) is 0 Å². The summed E-state index contributed by atoms with van der Waals surface area (Å²) in [7, 11) is 0. The number of carbonyl (C=O) groups is 1. The van der Waals surface area contributed by atoms with E-state index >= 15 is 0 Å². The maximum atomic E-state index is 11.9. The number of hydrogen-bond acceptors (Lipinski definition) is 4. The van der Waals surface area contributed by atoms with Crippen molar-refractivity contribution in [2.24, 2.45) is 10.9 Å². The van der Waals surface area contributed by atoms with E-state index in [4.69, 9.17) is 0 Å². The summed E-state index contributed by atoms with van der Waals surface area (Å²) in [4.78, 5) is 20.0. The smallest absolute Gasteiger partial charge is 0.264 e. The van der Waals surface area contributed by atoms with Crippen LogP contribution in [0.3, 0.4) is 0 Å². The molecule has 0 aliphatic carbocycles. The largest absolute Gasteiger partial charge is 0.360 e. The maximum Gasteiger partial charge on any atom is 0.264 e. The second-order valence-electron chi connectivity index (χ2n) is 4.80. The summed E-state index contributed by atoms with van der Waals surface area (Å²) in [5.74, 6) is 0.215. The van der Waals surface area contributed by atoms with Gasteiger partial charge in [0.25, 0.3) is 5.91 Å². The molecule has 0 saturated heterocycles. The normalized spacial score (nSPS) is 23.3. The van der Waals surface area contributed by atoms with Crippen molar-refractivity contribution in [2.45, 2.75) is 32.1 Å². The predicted octanol–water partition coefficient (Wildman–Crippen LogP) is 2.22. The molecule has 0 saturated carbocycles. The van der Waals surface area contributed by atoms with Crippen LogP contribution in [0.25, 0.3) is 0 Å². The predicted molar refractivity (Wildman–Crippen MR) is 74.4 cm³/mol. The third kappa shape index (κ3) is 2.56. The Morgan fingerprint density at radius 1 is 1.50 bits per heavy atom. The van der Waals surface area contributed by atoms with Crippen molar-refractivity contribution >= 4 is 22.8 Å².